The molecule has 1 N–H and O–H groups in total. The van der Waals surface area contributed by atoms with Gasteiger partial charge in [-0.1, -0.05) is 18.2 Å². The maximum absolute atomic E-state index is 10.8. The van der Waals surface area contributed by atoms with Gasteiger partial charge in [0.1, 0.15) is 0 Å². The summed E-state index contributed by atoms with van der Waals surface area (Å²) in [7, 11) is 0. The summed E-state index contributed by atoms with van der Waals surface area (Å²) < 4.78 is 0. The Hall–Kier alpha value is -2.36. The smallest absolute Gasteiger partial charge is 0.337 e. The Morgan fingerprint density at radius 1 is 1.21 bits per heavy atom. The van der Waals surface area contributed by atoms with Gasteiger partial charge in [-0.25, -0.2) is 4.79 Å². The standard InChI is InChI=1S/C15H16N2O2/c1-2-17(14-6-4-3-5-7-14)11-13-9-8-12(10-16-13)15(18)19/h3-10H,2,11H2,1H3,(H,18,19). The minimum absolute atomic E-state index is 0.214. The molecule has 0 amide bonds. The Morgan fingerprint density at radius 3 is 2.47 bits per heavy atom. The van der Waals surface area contributed by atoms with Crippen LogP contribution >= 0.6 is 0 Å². The number of para-hydroxylation sites is 1. The van der Waals surface area contributed by atoms with Gasteiger partial charge in [0.05, 0.1) is 17.8 Å². The van der Waals surface area contributed by atoms with Gasteiger partial charge in [0.25, 0.3) is 0 Å². The third-order valence-corrected chi connectivity index (χ3v) is 2.93. The third kappa shape index (κ3) is 3.31. The van der Waals surface area contributed by atoms with Crippen LogP contribution in [-0.2, 0) is 6.54 Å². The van der Waals surface area contributed by atoms with Crippen molar-refractivity contribution in [2.75, 3.05) is 11.4 Å². The lowest BCUT2D eigenvalue weighted by Crippen LogP contribution is -2.22. The van der Waals surface area contributed by atoms with Crippen LogP contribution in [-0.4, -0.2) is 22.6 Å². The SMILES string of the molecule is CCN(Cc1ccc(C(=O)O)cn1)c1ccccc1. The molecule has 2 aromatic rings. The maximum Gasteiger partial charge on any atom is 0.337 e. The summed E-state index contributed by atoms with van der Waals surface area (Å²) in [6, 6.07) is 13.4. The molecule has 19 heavy (non-hydrogen) atoms. The lowest BCUT2D eigenvalue weighted by atomic mass is 10.2. The molecule has 4 nitrogen and oxygen atoms in total. The van der Waals surface area contributed by atoms with Gasteiger partial charge in [-0.2, -0.15) is 0 Å². The predicted octanol–water partition coefficient (Wildman–Crippen LogP) is 2.81. The van der Waals surface area contributed by atoms with E-state index in [0.29, 0.717) is 6.54 Å². The van der Waals surface area contributed by atoms with E-state index in [9.17, 15) is 4.79 Å². The fourth-order valence-corrected chi connectivity index (χ4v) is 1.86. The monoisotopic (exact) mass is 256 g/mol. The van der Waals surface area contributed by atoms with Crippen LogP contribution in [0.1, 0.15) is 23.0 Å². The first-order chi connectivity index (χ1) is 9.20. The summed E-state index contributed by atoms with van der Waals surface area (Å²) in [5, 5.41) is 8.83. The lowest BCUT2D eigenvalue weighted by molar-refractivity contribution is 0.0696. The molecule has 0 atom stereocenters. The first kappa shape index (κ1) is 13.1. The number of nitrogens with zero attached hydrogens (tertiary/aromatic N) is 2. The first-order valence-electron chi connectivity index (χ1n) is 6.19. The van der Waals surface area contributed by atoms with Crippen molar-refractivity contribution in [3.05, 3.63) is 59.9 Å². The van der Waals surface area contributed by atoms with Gasteiger partial charge in [-0.05, 0) is 31.2 Å². The second-order valence-electron chi connectivity index (χ2n) is 4.19. The highest BCUT2D eigenvalue weighted by Crippen LogP contribution is 2.15. The molecular weight excluding hydrogens is 240 g/mol. The van der Waals surface area contributed by atoms with E-state index < -0.39 is 5.97 Å². The molecule has 0 aliphatic heterocycles. The van der Waals surface area contributed by atoms with Crippen LogP contribution in [0, 0.1) is 0 Å². The molecule has 0 aliphatic rings. The van der Waals surface area contributed by atoms with Crippen molar-refractivity contribution in [2.45, 2.75) is 13.5 Å². The largest absolute Gasteiger partial charge is 0.478 e. The molecule has 1 aromatic carbocycles. The summed E-state index contributed by atoms with van der Waals surface area (Å²) in [4.78, 5) is 17.1. The number of benzene rings is 1. The van der Waals surface area contributed by atoms with Crippen molar-refractivity contribution in [1.82, 2.24) is 4.98 Å². The molecule has 0 fully saturated rings. The van der Waals surface area contributed by atoms with E-state index >= 15 is 0 Å². The quantitative estimate of drug-likeness (QED) is 0.893. The Labute approximate surface area is 112 Å². The molecule has 1 heterocycles. The van der Waals surface area contributed by atoms with Crippen LogP contribution < -0.4 is 4.90 Å². The van der Waals surface area contributed by atoms with Crippen molar-refractivity contribution >= 4 is 11.7 Å². The van der Waals surface area contributed by atoms with Gasteiger partial charge < -0.3 is 10.0 Å². The number of rotatable bonds is 5. The number of carbonyl (C=O) groups is 1. The zero-order valence-corrected chi connectivity index (χ0v) is 10.8. The summed E-state index contributed by atoms with van der Waals surface area (Å²) >= 11 is 0. The summed E-state index contributed by atoms with van der Waals surface area (Å²) in [6.45, 7) is 3.62. The van der Waals surface area contributed by atoms with Gasteiger partial charge in [-0.3, -0.25) is 4.98 Å². The summed E-state index contributed by atoms with van der Waals surface area (Å²) in [5.41, 5.74) is 2.20. The van der Waals surface area contributed by atoms with E-state index in [4.69, 9.17) is 5.11 Å². The zero-order valence-electron chi connectivity index (χ0n) is 10.8. The molecule has 0 spiro atoms. The molecular formula is C15H16N2O2. The summed E-state index contributed by atoms with van der Waals surface area (Å²) in [5.74, 6) is -0.950. The van der Waals surface area contributed by atoms with Crippen molar-refractivity contribution in [1.29, 1.82) is 0 Å². The number of pyridine rings is 1. The number of anilines is 1. The number of hydrogen-bond acceptors (Lipinski definition) is 3. The highest BCUT2D eigenvalue weighted by molar-refractivity contribution is 5.87. The fourth-order valence-electron chi connectivity index (χ4n) is 1.86. The highest BCUT2D eigenvalue weighted by atomic mass is 16.4. The molecule has 0 saturated carbocycles. The molecule has 98 valence electrons. The third-order valence-electron chi connectivity index (χ3n) is 2.93. The second-order valence-corrected chi connectivity index (χ2v) is 4.19. The minimum atomic E-state index is -0.950. The van der Waals surface area contributed by atoms with Crippen LogP contribution in [0.4, 0.5) is 5.69 Å². The van der Waals surface area contributed by atoms with Gasteiger partial charge in [0.2, 0.25) is 0 Å². The fraction of sp³-hybridized carbons (Fsp3) is 0.200. The molecule has 0 saturated heterocycles. The van der Waals surface area contributed by atoms with Crippen LogP contribution in [0.2, 0.25) is 0 Å². The number of carboxylic acid groups (broad SMARTS) is 1. The molecule has 0 aliphatic carbocycles. The Balaban J connectivity index is 2.12. The van der Waals surface area contributed by atoms with Gasteiger partial charge >= 0.3 is 5.97 Å². The van der Waals surface area contributed by atoms with Crippen molar-refractivity contribution < 1.29 is 9.90 Å². The van der Waals surface area contributed by atoms with Crippen LogP contribution in [0.5, 0.6) is 0 Å². The second kappa shape index (κ2) is 6.00. The Morgan fingerprint density at radius 2 is 1.95 bits per heavy atom. The van der Waals surface area contributed by atoms with E-state index in [2.05, 4.69) is 28.9 Å². The van der Waals surface area contributed by atoms with Gasteiger partial charge in [-0.15, -0.1) is 0 Å². The van der Waals surface area contributed by atoms with E-state index in [-0.39, 0.29) is 5.56 Å². The molecule has 4 heteroatoms. The normalized spacial score (nSPS) is 10.2. The molecule has 2 rings (SSSR count). The lowest BCUT2D eigenvalue weighted by Gasteiger charge is -2.22. The van der Waals surface area contributed by atoms with Crippen LogP contribution in [0.3, 0.4) is 0 Å². The topological polar surface area (TPSA) is 53.4 Å². The average molecular weight is 256 g/mol. The Bertz CT molecular complexity index is 538. The number of aromatic nitrogens is 1. The van der Waals surface area contributed by atoms with Gasteiger partial charge in [0, 0.05) is 18.4 Å². The minimum Gasteiger partial charge on any atom is -0.478 e. The molecule has 0 radical (unpaired) electrons. The van der Waals surface area contributed by atoms with E-state index in [1.54, 1.807) is 12.1 Å². The van der Waals surface area contributed by atoms with Crippen molar-refractivity contribution in [2.24, 2.45) is 0 Å². The van der Waals surface area contributed by atoms with E-state index in [0.717, 1.165) is 17.9 Å². The molecule has 1 aromatic heterocycles. The molecule has 0 bridgehead atoms. The average Bonchev–Trinajstić information content (AvgIpc) is 2.46. The zero-order chi connectivity index (χ0) is 13.7. The maximum atomic E-state index is 10.8. The van der Waals surface area contributed by atoms with Crippen molar-refractivity contribution in [3.8, 4) is 0 Å². The Kier molecular flexibility index (Phi) is 4.13. The number of hydrogen-bond donors (Lipinski definition) is 1. The van der Waals surface area contributed by atoms with Crippen molar-refractivity contribution in [3.63, 3.8) is 0 Å². The number of aromatic carboxylic acids is 1. The van der Waals surface area contributed by atoms with Crippen LogP contribution in [0.25, 0.3) is 0 Å². The molecule has 0 unspecified atom stereocenters. The van der Waals surface area contributed by atoms with Crippen LogP contribution in [0.15, 0.2) is 48.7 Å². The van der Waals surface area contributed by atoms with E-state index in [1.165, 1.54) is 6.20 Å². The number of carboxylic acids is 1. The highest BCUT2D eigenvalue weighted by Gasteiger charge is 2.07. The predicted molar refractivity (Wildman–Crippen MR) is 74.4 cm³/mol. The van der Waals surface area contributed by atoms with Gasteiger partial charge in [0.15, 0.2) is 0 Å². The first-order valence-corrected chi connectivity index (χ1v) is 6.19. The summed E-state index contributed by atoms with van der Waals surface area (Å²) in [6.07, 6.45) is 1.40. The van der Waals surface area contributed by atoms with E-state index in [1.807, 2.05) is 18.2 Å².